The standard InChI is InChI=1S/C27H34ClN5O3/c1-32(2)15-6-16-33(3)20-12-9-18(10-13-20)26(34)31-24-21-7-4-5-8-22(21)36-25(24)27(35)30-23-14-11-19(28)17-29-23/h4-5,7-8,11,14,17-18,20H,6,9-10,12-13,15-16H2,1-3H3,(H,31,34)(H,29,30,35)/t18-,20-. The fourth-order valence-corrected chi connectivity index (χ4v) is 4.89. The van der Waals surface area contributed by atoms with Gasteiger partial charge in [-0.05, 0) is 90.6 Å². The number of anilines is 2. The third-order valence-electron chi connectivity index (χ3n) is 6.83. The number of carbonyl (C=O) groups excluding carboxylic acids is 2. The molecule has 0 saturated heterocycles. The number of hydrogen-bond donors (Lipinski definition) is 2. The summed E-state index contributed by atoms with van der Waals surface area (Å²) in [4.78, 5) is 35.1. The van der Waals surface area contributed by atoms with E-state index in [0.29, 0.717) is 33.5 Å². The number of halogens is 1. The number of benzene rings is 1. The number of nitrogens with one attached hydrogen (secondary N) is 2. The Balaban J connectivity index is 1.42. The van der Waals surface area contributed by atoms with E-state index in [9.17, 15) is 9.59 Å². The van der Waals surface area contributed by atoms with Crippen molar-refractivity contribution in [3.8, 4) is 0 Å². The molecule has 36 heavy (non-hydrogen) atoms. The zero-order valence-electron chi connectivity index (χ0n) is 21.1. The van der Waals surface area contributed by atoms with E-state index in [1.807, 2.05) is 18.2 Å². The molecule has 2 N–H and O–H groups in total. The number of amides is 2. The summed E-state index contributed by atoms with van der Waals surface area (Å²) in [5.41, 5.74) is 0.926. The van der Waals surface area contributed by atoms with Crippen molar-refractivity contribution < 1.29 is 14.0 Å². The first-order valence-corrected chi connectivity index (χ1v) is 12.8. The van der Waals surface area contributed by atoms with Gasteiger partial charge in [-0.15, -0.1) is 0 Å². The van der Waals surface area contributed by atoms with E-state index in [0.717, 1.165) is 45.2 Å². The van der Waals surface area contributed by atoms with E-state index < -0.39 is 5.91 Å². The molecule has 1 aliphatic carbocycles. The topological polar surface area (TPSA) is 90.7 Å². The molecule has 0 aliphatic heterocycles. The van der Waals surface area contributed by atoms with E-state index in [1.165, 1.54) is 6.20 Å². The minimum Gasteiger partial charge on any atom is -0.449 e. The van der Waals surface area contributed by atoms with Crippen LogP contribution in [0, 0.1) is 5.92 Å². The first-order valence-electron chi connectivity index (χ1n) is 12.4. The van der Waals surface area contributed by atoms with E-state index in [1.54, 1.807) is 18.2 Å². The van der Waals surface area contributed by atoms with E-state index >= 15 is 0 Å². The first kappa shape index (κ1) is 26.1. The number of carbonyl (C=O) groups is 2. The quantitative estimate of drug-likeness (QED) is 0.414. The normalized spacial score (nSPS) is 18.1. The molecule has 4 rings (SSSR count). The third kappa shape index (κ3) is 6.43. The molecule has 0 bridgehead atoms. The van der Waals surface area contributed by atoms with Crippen LogP contribution in [0.5, 0.6) is 0 Å². The number of para-hydroxylation sites is 1. The zero-order chi connectivity index (χ0) is 25.7. The maximum atomic E-state index is 13.3. The lowest BCUT2D eigenvalue weighted by molar-refractivity contribution is -0.121. The number of furan rings is 1. The van der Waals surface area contributed by atoms with E-state index in [-0.39, 0.29) is 17.6 Å². The average Bonchev–Trinajstić information content (AvgIpc) is 3.23. The molecule has 1 fully saturated rings. The second-order valence-corrected chi connectivity index (χ2v) is 10.2. The Morgan fingerprint density at radius 3 is 2.47 bits per heavy atom. The molecule has 3 aromatic rings. The lowest BCUT2D eigenvalue weighted by Gasteiger charge is -2.34. The van der Waals surface area contributed by atoms with Crippen LogP contribution < -0.4 is 10.6 Å². The summed E-state index contributed by atoms with van der Waals surface area (Å²) in [5.74, 6) is -0.266. The van der Waals surface area contributed by atoms with Crippen LogP contribution >= 0.6 is 11.6 Å². The fraction of sp³-hybridized carbons (Fsp3) is 0.444. The van der Waals surface area contributed by atoms with Gasteiger partial charge in [0.25, 0.3) is 5.91 Å². The highest BCUT2D eigenvalue weighted by Gasteiger charge is 2.30. The van der Waals surface area contributed by atoms with Gasteiger partial charge in [-0.3, -0.25) is 9.59 Å². The second kappa shape index (κ2) is 11.9. The SMILES string of the molecule is CN(C)CCCN(C)[C@H]1CC[C@H](C(=O)Nc2c(C(=O)Nc3ccc(Cl)cn3)oc3ccccc23)CC1. The van der Waals surface area contributed by atoms with Gasteiger partial charge >= 0.3 is 0 Å². The Bertz CT molecular complexity index is 1190. The van der Waals surface area contributed by atoms with Crippen molar-refractivity contribution in [2.45, 2.75) is 38.1 Å². The maximum absolute atomic E-state index is 13.3. The van der Waals surface area contributed by atoms with Gasteiger partial charge < -0.3 is 24.9 Å². The first-order chi connectivity index (χ1) is 17.3. The Morgan fingerprint density at radius 2 is 1.78 bits per heavy atom. The third-order valence-corrected chi connectivity index (χ3v) is 7.05. The van der Waals surface area contributed by atoms with Crippen LogP contribution in [0.15, 0.2) is 47.0 Å². The van der Waals surface area contributed by atoms with Crippen LogP contribution in [-0.4, -0.2) is 66.9 Å². The molecule has 0 atom stereocenters. The predicted molar refractivity (Wildman–Crippen MR) is 144 cm³/mol. The zero-order valence-corrected chi connectivity index (χ0v) is 21.8. The summed E-state index contributed by atoms with van der Waals surface area (Å²) in [5, 5.41) is 6.90. The van der Waals surface area contributed by atoms with Crippen LogP contribution in [0.1, 0.15) is 42.7 Å². The van der Waals surface area contributed by atoms with Gasteiger partial charge in [0.1, 0.15) is 17.1 Å². The largest absolute Gasteiger partial charge is 0.449 e. The predicted octanol–water partition coefficient (Wildman–Crippen LogP) is 5.11. The van der Waals surface area contributed by atoms with Gasteiger partial charge in [-0.2, -0.15) is 0 Å². The smallest absolute Gasteiger partial charge is 0.294 e. The summed E-state index contributed by atoms with van der Waals surface area (Å²) in [6.45, 7) is 2.13. The highest BCUT2D eigenvalue weighted by Crippen LogP contribution is 2.34. The Hall–Kier alpha value is -2.94. The van der Waals surface area contributed by atoms with Crippen molar-refractivity contribution >= 4 is 45.9 Å². The number of rotatable bonds is 9. The molecule has 9 heteroatoms. The lowest BCUT2D eigenvalue weighted by Crippen LogP contribution is -2.38. The van der Waals surface area contributed by atoms with Crippen LogP contribution in [0.25, 0.3) is 11.0 Å². The Kier molecular flexibility index (Phi) is 8.61. The van der Waals surface area contributed by atoms with Gasteiger partial charge in [0.2, 0.25) is 11.7 Å². The summed E-state index contributed by atoms with van der Waals surface area (Å²) < 4.78 is 5.86. The van der Waals surface area contributed by atoms with Crippen LogP contribution in [0.2, 0.25) is 5.02 Å². The molecule has 0 spiro atoms. The number of pyridine rings is 1. The minimum absolute atomic E-state index is 0.0515. The molecule has 8 nitrogen and oxygen atoms in total. The molecule has 0 radical (unpaired) electrons. The fourth-order valence-electron chi connectivity index (χ4n) is 4.78. The highest BCUT2D eigenvalue weighted by atomic mass is 35.5. The summed E-state index contributed by atoms with van der Waals surface area (Å²) >= 11 is 5.89. The Morgan fingerprint density at radius 1 is 1.03 bits per heavy atom. The molecule has 2 amide bonds. The van der Waals surface area contributed by atoms with Crippen LogP contribution in [-0.2, 0) is 4.79 Å². The maximum Gasteiger partial charge on any atom is 0.294 e. The lowest BCUT2D eigenvalue weighted by atomic mass is 9.84. The molecule has 1 aliphatic rings. The van der Waals surface area contributed by atoms with Gasteiger partial charge in [-0.25, -0.2) is 4.98 Å². The minimum atomic E-state index is -0.487. The molecular formula is C27H34ClN5O3. The number of fused-ring (bicyclic) bond motifs is 1. The number of nitrogens with zero attached hydrogens (tertiary/aromatic N) is 3. The van der Waals surface area contributed by atoms with Gasteiger partial charge in [0, 0.05) is 23.5 Å². The van der Waals surface area contributed by atoms with E-state index in [2.05, 4.69) is 46.6 Å². The summed E-state index contributed by atoms with van der Waals surface area (Å²) in [6.07, 6.45) is 6.19. The molecule has 2 heterocycles. The Labute approximate surface area is 217 Å². The van der Waals surface area contributed by atoms with Crippen molar-refractivity contribution in [1.82, 2.24) is 14.8 Å². The van der Waals surface area contributed by atoms with Crippen molar-refractivity contribution in [3.63, 3.8) is 0 Å². The molecule has 192 valence electrons. The second-order valence-electron chi connectivity index (χ2n) is 9.75. The highest BCUT2D eigenvalue weighted by molar-refractivity contribution is 6.30. The monoisotopic (exact) mass is 511 g/mol. The molecule has 2 aromatic heterocycles. The average molecular weight is 512 g/mol. The van der Waals surface area contributed by atoms with Crippen LogP contribution in [0.3, 0.4) is 0 Å². The number of hydrogen-bond acceptors (Lipinski definition) is 6. The van der Waals surface area contributed by atoms with Crippen molar-refractivity contribution in [3.05, 3.63) is 53.4 Å². The van der Waals surface area contributed by atoms with Crippen molar-refractivity contribution in [2.24, 2.45) is 5.92 Å². The van der Waals surface area contributed by atoms with Crippen molar-refractivity contribution in [2.75, 3.05) is 44.9 Å². The van der Waals surface area contributed by atoms with Gasteiger partial charge in [0.15, 0.2) is 0 Å². The molecule has 1 saturated carbocycles. The molecule has 1 aromatic carbocycles. The summed E-state index contributed by atoms with van der Waals surface area (Å²) in [7, 11) is 6.37. The molecular weight excluding hydrogens is 478 g/mol. The van der Waals surface area contributed by atoms with Crippen molar-refractivity contribution in [1.29, 1.82) is 0 Å². The van der Waals surface area contributed by atoms with E-state index in [4.69, 9.17) is 16.0 Å². The molecule has 0 unspecified atom stereocenters. The van der Waals surface area contributed by atoms with Gasteiger partial charge in [0.05, 0.1) is 5.02 Å². The van der Waals surface area contributed by atoms with Crippen LogP contribution in [0.4, 0.5) is 11.5 Å². The summed E-state index contributed by atoms with van der Waals surface area (Å²) in [6, 6.07) is 11.0. The van der Waals surface area contributed by atoms with Gasteiger partial charge in [-0.1, -0.05) is 23.7 Å². The number of aromatic nitrogens is 1.